The minimum atomic E-state index is -0.568. The van der Waals surface area contributed by atoms with Gasteiger partial charge in [0.25, 0.3) is 17.7 Å². The second-order valence-corrected chi connectivity index (χ2v) is 9.70. The number of amides is 3. The van der Waals surface area contributed by atoms with Gasteiger partial charge in [0, 0.05) is 28.6 Å². The van der Waals surface area contributed by atoms with Crippen molar-refractivity contribution in [2.75, 3.05) is 25.0 Å². The maximum absolute atomic E-state index is 12.6. The highest BCUT2D eigenvalue weighted by atomic mass is 35.5. The smallest absolute Gasteiger partial charge is 0.309 e. The fourth-order valence-electron chi connectivity index (χ4n) is 4.26. The first kappa shape index (κ1) is 23.3. The van der Waals surface area contributed by atoms with Gasteiger partial charge in [0.05, 0.1) is 11.5 Å². The van der Waals surface area contributed by atoms with Crippen LogP contribution in [-0.4, -0.2) is 48.3 Å². The van der Waals surface area contributed by atoms with Crippen LogP contribution >= 0.6 is 22.9 Å². The zero-order chi connectivity index (χ0) is 23.5. The molecule has 0 saturated carbocycles. The summed E-state index contributed by atoms with van der Waals surface area (Å²) in [5.74, 6) is -2.03. The van der Waals surface area contributed by atoms with E-state index in [-0.39, 0.29) is 11.8 Å². The molecule has 0 atom stereocenters. The highest BCUT2D eigenvalue weighted by Crippen LogP contribution is 2.38. The number of primary amides is 1. The number of nitrogens with two attached hydrogens (primary N) is 1. The summed E-state index contributed by atoms with van der Waals surface area (Å²) in [5, 5.41) is 3.64. The normalized spacial score (nSPS) is 15.7. The molecule has 8 nitrogen and oxygen atoms in total. The Hall–Kier alpha value is -2.91. The molecule has 174 valence electrons. The van der Waals surface area contributed by atoms with Gasteiger partial charge in [-0.25, -0.2) is 0 Å². The van der Waals surface area contributed by atoms with E-state index in [4.69, 9.17) is 22.1 Å². The molecule has 3 amide bonds. The fraction of sp³-hybridized carbons (Fsp3) is 0.391. The minimum Gasteiger partial charge on any atom is -0.455 e. The Morgan fingerprint density at radius 2 is 1.82 bits per heavy atom. The Morgan fingerprint density at radius 3 is 2.48 bits per heavy atom. The molecule has 33 heavy (non-hydrogen) atoms. The Balaban J connectivity index is 1.25. The average Bonchev–Trinajstić information content (AvgIpc) is 3.38. The second-order valence-electron chi connectivity index (χ2n) is 8.15. The maximum Gasteiger partial charge on any atom is 0.309 e. The number of fused-ring (bicyclic) bond motifs is 1. The zero-order valence-electron chi connectivity index (χ0n) is 17.9. The number of hydrogen-bond acceptors (Lipinski definition) is 6. The number of nitrogens with one attached hydrogen (secondary N) is 1. The van der Waals surface area contributed by atoms with E-state index in [0.717, 1.165) is 29.7 Å². The molecule has 10 heteroatoms. The van der Waals surface area contributed by atoms with Crippen molar-refractivity contribution in [1.29, 1.82) is 0 Å². The zero-order valence-corrected chi connectivity index (χ0v) is 19.5. The van der Waals surface area contributed by atoms with Crippen molar-refractivity contribution < 1.29 is 23.9 Å². The van der Waals surface area contributed by atoms with Crippen LogP contribution in [0.5, 0.6) is 0 Å². The van der Waals surface area contributed by atoms with E-state index in [2.05, 4.69) is 5.32 Å². The van der Waals surface area contributed by atoms with Crippen LogP contribution in [0.2, 0.25) is 5.02 Å². The number of thiophene rings is 1. The summed E-state index contributed by atoms with van der Waals surface area (Å²) in [6, 6.07) is 6.69. The Labute approximate surface area is 200 Å². The SMILES string of the molecule is NC(=O)c1c(NC(=O)COC(=O)C2CCN(C(=O)c3ccc(Cl)cc3)CC2)sc2c1CCC2. The Morgan fingerprint density at radius 1 is 1.12 bits per heavy atom. The number of nitrogens with zero attached hydrogens (tertiary/aromatic N) is 1. The molecule has 1 aromatic heterocycles. The van der Waals surface area contributed by atoms with Gasteiger partial charge < -0.3 is 20.7 Å². The van der Waals surface area contributed by atoms with Gasteiger partial charge >= 0.3 is 5.97 Å². The van der Waals surface area contributed by atoms with Gasteiger partial charge in [-0.3, -0.25) is 19.2 Å². The van der Waals surface area contributed by atoms with E-state index >= 15 is 0 Å². The number of rotatable bonds is 6. The van der Waals surface area contributed by atoms with Crippen LogP contribution in [0.1, 0.15) is 50.4 Å². The largest absolute Gasteiger partial charge is 0.455 e. The van der Waals surface area contributed by atoms with Gasteiger partial charge in [0.15, 0.2) is 6.61 Å². The molecule has 3 N–H and O–H groups in total. The lowest BCUT2D eigenvalue weighted by molar-refractivity contribution is -0.152. The lowest BCUT2D eigenvalue weighted by atomic mass is 9.96. The van der Waals surface area contributed by atoms with E-state index in [9.17, 15) is 19.2 Å². The van der Waals surface area contributed by atoms with E-state index < -0.39 is 24.4 Å². The van der Waals surface area contributed by atoms with Crippen LogP contribution in [0.25, 0.3) is 0 Å². The number of ether oxygens (including phenoxy) is 1. The molecule has 2 aliphatic rings. The molecule has 1 fully saturated rings. The molecule has 1 aromatic carbocycles. The van der Waals surface area contributed by atoms with Crippen molar-refractivity contribution in [3.8, 4) is 0 Å². The van der Waals surface area contributed by atoms with Crippen molar-refractivity contribution >= 4 is 51.6 Å². The number of hydrogen-bond donors (Lipinski definition) is 2. The van der Waals surface area contributed by atoms with Crippen molar-refractivity contribution in [3.05, 3.63) is 50.9 Å². The number of piperidine rings is 1. The van der Waals surface area contributed by atoms with Crippen molar-refractivity contribution in [3.63, 3.8) is 0 Å². The molecule has 0 unspecified atom stereocenters. The van der Waals surface area contributed by atoms with Crippen LogP contribution < -0.4 is 11.1 Å². The highest BCUT2D eigenvalue weighted by Gasteiger charge is 2.30. The van der Waals surface area contributed by atoms with Gasteiger partial charge in [0.1, 0.15) is 5.00 Å². The molecule has 1 aliphatic carbocycles. The summed E-state index contributed by atoms with van der Waals surface area (Å²) >= 11 is 7.22. The summed E-state index contributed by atoms with van der Waals surface area (Å²) in [5.41, 5.74) is 7.33. The van der Waals surface area contributed by atoms with Crippen molar-refractivity contribution in [1.82, 2.24) is 4.90 Å². The fourth-order valence-corrected chi connectivity index (χ4v) is 5.70. The van der Waals surface area contributed by atoms with E-state index in [1.54, 1.807) is 29.2 Å². The summed E-state index contributed by atoms with van der Waals surface area (Å²) in [4.78, 5) is 51.9. The third-order valence-electron chi connectivity index (χ3n) is 5.97. The van der Waals surface area contributed by atoms with Gasteiger partial charge in [-0.15, -0.1) is 11.3 Å². The van der Waals surface area contributed by atoms with Gasteiger partial charge in [-0.1, -0.05) is 11.6 Å². The molecule has 2 aromatic rings. The lowest BCUT2D eigenvalue weighted by Crippen LogP contribution is -2.41. The second kappa shape index (κ2) is 9.93. The Kier molecular flexibility index (Phi) is 6.99. The van der Waals surface area contributed by atoms with Crippen molar-refractivity contribution in [2.24, 2.45) is 11.7 Å². The number of carbonyl (C=O) groups is 4. The number of benzene rings is 1. The molecule has 1 aliphatic heterocycles. The topological polar surface area (TPSA) is 119 Å². The van der Waals surface area contributed by atoms with Crippen LogP contribution in [0, 0.1) is 5.92 Å². The first-order chi connectivity index (χ1) is 15.8. The number of halogens is 1. The van der Waals surface area contributed by atoms with E-state index in [1.165, 1.54) is 11.3 Å². The summed E-state index contributed by atoms with van der Waals surface area (Å²) < 4.78 is 5.21. The van der Waals surface area contributed by atoms with Crippen LogP contribution in [0.15, 0.2) is 24.3 Å². The van der Waals surface area contributed by atoms with Gasteiger partial charge in [-0.2, -0.15) is 0 Å². The van der Waals surface area contributed by atoms with E-state index in [1.807, 2.05) is 0 Å². The standard InChI is InChI=1S/C23H24ClN3O5S/c24-15-6-4-13(5-7-15)22(30)27-10-8-14(9-11-27)23(31)32-12-18(28)26-21-19(20(25)29)16-2-1-3-17(16)33-21/h4-7,14H,1-3,8-12H2,(H2,25,29)(H,26,28). The van der Waals surface area contributed by atoms with Crippen molar-refractivity contribution in [2.45, 2.75) is 32.1 Å². The van der Waals surface area contributed by atoms with Gasteiger partial charge in [-0.05, 0) is 61.9 Å². The highest BCUT2D eigenvalue weighted by molar-refractivity contribution is 7.17. The quantitative estimate of drug-likeness (QED) is 0.604. The minimum absolute atomic E-state index is 0.106. The number of esters is 1. The average molecular weight is 490 g/mol. The molecule has 2 heterocycles. The maximum atomic E-state index is 12.6. The number of carbonyl (C=O) groups excluding carboxylic acids is 4. The Bertz CT molecular complexity index is 1090. The first-order valence-electron chi connectivity index (χ1n) is 10.8. The van der Waals surface area contributed by atoms with E-state index in [0.29, 0.717) is 47.1 Å². The molecule has 0 spiro atoms. The number of aryl methyl sites for hydroxylation is 1. The summed E-state index contributed by atoms with van der Waals surface area (Å²) in [6.45, 7) is 0.413. The first-order valence-corrected chi connectivity index (χ1v) is 12.0. The molecule has 1 saturated heterocycles. The molecule has 4 rings (SSSR count). The molecular weight excluding hydrogens is 466 g/mol. The number of anilines is 1. The predicted molar refractivity (Wildman–Crippen MR) is 125 cm³/mol. The monoisotopic (exact) mass is 489 g/mol. The van der Waals surface area contributed by atoms with Crippen LogP contribution in [0.4, 0.5) is 5.00 Å². The van der Waals surface area contributed by atoms with Crippen LogP contribution in [0.3, 0.4) is 0 Å². The summed E-state index contributed by atoms with van der Waals surface area (Å²) in [7, 11) is 0. The predicted octanol–water partition coefficient (Wildman–Crippen LogP) is 3.02. The lowest BCUT2D eigenvalue weighted by Gasteiger charge is -2.31. The van der Waals surface area contributed by atoms with Crippen LogP contribution in [-0.2, 0) is 27.2 Å². The third-order valence-corrected chi connectivity index (χ3v) is 7.43. The molecule has 0 bridgehead atoms. The molecule has 0 radical (unpaired) electrons. The molecular formula is C23H24ClN3O5S. The van der Waals surface area contributed by atoms with Gasteiger partial charge in [0.2, 0.25) is 0 Å². The third kappa shape index (κ3) is 5.20. The number of likely N-dealkylation sites (tertiary alicyclic amines) is 1. The summed E-state index contributed by atoms with van der Waals surface area (Å²) in [6.07, 6.45) is 3.53.